The van der Waals surface area contributed by atoms with Gasteiger partial charge in [-0.1, -0.05) is 26.0 Å². The Labute approximate surface area is 216 Å². The SMILES string of the molecule is C[C@@H]1CN(C(=O)[C@H]2CN(C(=O)OC(C)(C)C)C[C@H]2c2ccc(F)cc2F)C[C@H](C)[C@@]1(O)c1ccccn1. The monoisotopic (exact) mass is 515 g/mol. The fourth-order valence-corrected chi connectivity index (χ4v) is 5.67. The van der Waals surface area contributed by atoms with Crippen LogP contribution in [-0.2, 0) is 15.1 Å². The first kappa shape index (κ1) is 27.0. The predicted molar refractivity (Wildman–Crippen MR) is 133 cm³/mol. The molecule has 200 valence electrons. The van der Waals surface area contributed by atoms with Gasteiger partial charge in [-0.3, -0.25) is 9.78 Å². The fraction of sp³-hybridized carbons (Fsp3) is 0.536. The highest BCUT2D eigenvalue weighted by Gasteiger charge is 2.50. The summed E-state index contributed by atoms with van der Waals surface area (Å²) in [7, 11) is 0. The maximum atomic E-state index is 14.9. The zero-order chi connectivity index (χ0) is 27.1. The molecule has 1 aromatic carbocycles. The maximum Gasteiger partial charge on any atom is 0.410 e. The van der Waals surface area contributed by atoms with Crippen molar-refractivity contribution in [2.75, 3.05) is 26.2 Å². The summed E-state index contributed by atoms with van der Waals surface area (Å²) >= 11 is 0. The van der Waals surface area contributed by atoms with Crippen molar-refractivity contribution in [2.24, 2.45) is 17.8 Å². The van der Waals surface area contributed by atoms with E-state index in [1.807, 2.05) is 19.9 Å². The van der Waals surface area contributed by atoms with Gasteiger partial charge in [0.2, 0.25) is 5.91 Å². The van der Waals surface area contributed by atoms with E-state index in [4.69, 9.17) is 4.74 Å². The lowest BCUT2D eigenvalue weighted by Crippen LogP contribution is -2.57. The van der Waals surface area contributed by atoms with Gasteiger partial charge in [-0.05, 0) is 44.5 Å². The number of nitrogens with zero attached hydrogens (tertiary/aromatic N) is 3. The fourth-order valence-electron chi connectivity index (χ4n) is 5.67. The molecule has 2 aliphatic heterocycles. The van der Waals surface area contributed by atoms with Crippen molar-refractivity contribution >= 4 is 12.0 Å². The summed E-state index contributed by atoms with van der Waals surface area (Å²) in [6.07, 6.45) is 1.05. The Morgan fingerprint density at radius 1 is 1.03 bits per heavy atom. The van der Waals surface area contributed by atoms with Crippen LogP contribution < -0.4 is 0 Å². The highest BCUT2D eigenvalue weighted by atomic mass is 19.1. The van der Waals surface area contributed by atoms with Crippen LogP contribution in [0.5, 0.6) is 0 Å². The molecule has 2 fully saturated rings. The molecule has 0 aliphatic carbocycles. The number of rotatable bonds is 3. The molecule has 0 unspecified atom stereocenters. The molecule has 3 heterocycles. The number of aromatic nitrogens is 1. The third-order valence-electron chi connectivity index (χ3n) is 7.53. The van der Waals surface area contributed by atoms with Gasteiger partial charge in [0.15, 0.2) is 0 Å². The van der Waals surface area contributed by atoms with Gasteiger partial charge in [0, 0.05) is 56.2 Å². The number of hydrogen-bond acceptors (Lipinski definition) is 5. The first-order valence-corrected chi connectivity index (χ1v) is 12.7. The average Bonchev–Trinajstić information content (AvgIpc) is 3.26. The smallest absolute Gasteiger partial charge is 0.410 e. The van der Waals surface area contributed by atoms with Gasteiger partial charge in [-0.2, -0.15) is 0 Å². The molecule has 0 spiro atoms. The van der Waals surface area contributed by atoms with E-state index < -0.39 is 40.8 Å². The van der Waals surface area contributed by atoms with E-state index in [9.17, 15) is 23.5 Å². The van der Waals surface area contributed by atoms with Crippen LogP contribution in [0, 0.1) is 29.4 Å². The molecule has 0 saturated carbocycles. The lowest BCUT2D eigenvalue weighted by molar-refractivity contribution is -0.153. The number of amides is 2. The van der Waals surface area contributed by atoms with E-state index in [-0.39, 0.29) is 49.5 Å². The summed E-state index contributed by atoms with van der Waals surface area (Å²) in [6, 6.07) is 8.69. The van der Waals surface area contributed by atoms with Crippen LogP contribution in [0.3, 0.4) is 0 Å². The number of pyridine rings is 1. The van der Waals surface area contributed by atoms with Crippen molar-refractivity contribution in [2.45, 2.75) is 51.7 Å². The summed E-state index contributed by atoms with van der Waals surface area (Å²) < 4.78 is 34.0. The predicted octanol–water partition coefficient (Wildman–Crippen LogP) is 4.31. The molecule has 7 nitrogen and oxygen atoms in total. The Morgan fingerprint density at radius 3 is 2.27 bits per heavy atom. The molecule has 1 aromatic heterocycles. The number of carbonyl (C=O) groups excluding carboxylic acids is 2. The van der Waals surface area contributed by atoms with Crippen LogP contribution in [0.25, 0.3) is 0 Å². The Hall–Kier alpha value is -3.07. The number of hydrogen-bond donors (Lipinski definition) is 1. The molecule has 2 aliphatic rings. The van der Waals surface area contributed by atoms with Crippen LogP contribution in [0.4, 0.5) is 13.6 Å². The minimum atomic E-state index is -1.21. The number of aliphatic hydroxyl groups is 1. The molecular weight excluding hydrogens is 480 g/mol. The zero-order valence-corrected chi connectivity index (χ0v) is 21.9. The van der Waals surface area contributed by atoms with Crippen LogP contribution >= 0.6 is 0 Å². The van der Waals surface area contributed by atoms with Gasteiger partial charge in [-0.15, -0.1) is 0 Å². The summed E-state index contributed by atoms with van der Waals surface area (Å²) in [5.41, 5.74) is -1.19. The lowest BCUT2D eigenvalue weighted by atomic mass is 9.72. The van der Waals surface area contributed by atoms with Crippen LogP contribution in [0.1, 0.15) is 51.8 Å². The first-order valence-electron chi connectivity index (χ1n) is 12.7. The van der Waals surface area contributed by atoms with Gasteiger partial charge in [0.1, 0.15) is 22.8 Å². The van der Waals surface area contributed by atoms with Crippen molar-refractivity contribution in [3.8, 4) is 0 Å². The Kier molecular flexibility index (Phi) is 7.29. The second-order valence-electron chi connectivity index (χ2n) is 11.3. The molecule has 2 saturated heterocycles. The standard InChI is InChI=1S/C28H35F2N3O4/c1-17-13-32(14-18(2)28(17,36)24-8-6-7-11-31-24)25(34)22-16-33(26(35)37-27(3,4)5)15-21(22)20-10-9-19(29)12-23(20)30/h6-12,17-18,21-22,36H,13-16H2,1-5H3/t17-,18+,21-,22-,28-/m0/s1. The largest absolute Gasteiger partial charge is 0.444 e. The summed E-state index contributed by atoms with van der Waals surface area (Å²) in [4.78, 5) is 34.2. The normalized spacial score (nSPS) is 28.3. The number of likely N-dealkylation sites (tertiary alicyclic amines) is 2. The molecule has 5 atom stereocenters. The average molecular weight is 516 g/mol. The van der Waals surface area contributed by atoms with Crippen molar-refractivity contribution in [1.29, 1.82) is 0 Å². The van der Waals surface area contributed by atoms with E-state index in [0.29, 0.717) is 5.69 Å². The van der Waals surface area contributed by atoms with Crippen molar-refractivity contribution in [3.63, 3.8) is 0 Å². The molecular formula is C28H35F2N3O4. The number of halogens is 2. The molecule has 4 rings (SSSR count). The number of ether oxygens (including phenoxy) is 1. The number of carbonyl (C=O) groups is 2. The molecule has 1 N–H and O–H groups in total. The van der Waals surface area contributed by atoms with Gasteiger partial charge in [-0.25, -0.2) is 13.6 Å². The van der Waals surface area contributed by atoms with E-state index >= 15 is 0 Å². The highest BCUT2D eigenvalue weighted by molar-refractivity contribution is 5.82. The van der Waals surface area contributed by atoms with Crippen molar-refractivity contribution < 1.29 is 28.2 Å². The zero-order valence-electron chi connectivity index (χ0n) is 21.9. The van der Waals surface area contributed by atoms with Crippen LogP contribution in [0.15, 0.2) is 42.6 Å². The summed E-state index contributed by atoms with van der Waals surface area (Å²) in [6.45, 7) is 9.69. The Bertz CT molecular complexity index is 1140. The Balaban J connectivity index is 1.60. The maximum absolute atomic E-state index is 14.9. The molecule has 0 radical (unpaired) electrons. The van der Waals surface area contributed by atoms with Gasteiger partial charge >= 0.3 is 6.09 Å². The van der Waals surface area contributed by atoms with Gasteiger partial charge in [0.05, 0.1) is 11.6 Å². The van der Waals surface area contributed by atoms with E-state index in [1.165, 1.54) is 11.0 Å². The molecule has 0 bridgehead atoms. The molecule has 2 amide bonds. The van der Waals surface area contributed by atoms with Crippen molar-refractivity contribution in [1.82, 2.24) is 14.8 Å². The highest BCUT2D eigenvalue weighted by Crippen LogP contribution is 2.42. The molecule has 9 heteroatoms. The Morgan fingerprint density at radius 2 is 1.70 bits per heavy atom. The second-order valence-corrected chi connectivity index (χ2v) is 11.3. The number of piperidine rings is 1. The number of benzene rings is 1. The topological polar surface area (TPSA) is 83.0 Å². The summed E-state index contributed by atoms with van der Waals surface area (Å²) in [5.74, 6) is -3.74. The lowest BCUT2D eigenvalue weighted by Gasteiger charge is -2.48. The second kappa shape index (κ2) is 10.0. The molecule has 37 heavy (non-hydrogen) atoms. The van der Waals surface area contributed by atoms with E-state index in [2.05, 4.69) is 4.98 Å². The minimum Gasteiger partial charge on any atom is -0.444 e. The van der Waals surface area contributed by atoms with Crippen molar-refractivity contribution in [3.05, 3.63) is 65.5 Å². The van der Waals surface area contributed by atoms with E-state index in [1.54, 1.807) is 44.0 Å². The summed E-state index contributed by atoms with van der Waals surface area (Å²) in [5, 5.41) is 11.6. The van der Waals surface area contributed by atoms with Crippen LogP contribution in [-0.4, -0.2) is 63.7 Å². The third-order valence-corrected chi connectivity index (χ3v) is 7.53. The van der Waals surface area contributed by atoms with Gasteiger partial charge in [0.25, 0.3) is 0 Å². The van der Waals surface area contributed by atoms with Gasteiger partial charge < -0.3 is 19.6 Å². The molecule has 2 aromatic rings. The minimum absolute atomic E-state index is 0.0546. The first-order chi connectivity index (χ1) is 17.3. The van der Waals surface area contributed by atoms with E-state index in [0.717, 1.165) is 12.1 Å². The quantitative estimate of drug-likeness (QED) is 0.659. The van der Waals surface area contributed by atoms with Crippen LogP contribution in [0.2, 0.25) is 0 Å². The third kappa shape index (κ3) is 5.32.